The van der Waals surface area contributed by atoms with E-state index in [0.29, 0.717) is 59.1 Å². The van der Waals surface area contributed by atoms with Gasteiger partial charge in [-0.15, -0.1) is 0 Å². The van der Waals surface area contributed by atoms with Crippen LogP contribution in [0.25, 0.3) is 0 Å². The smallest absolute Gasteiger partial charge is 0.329 e. The number of amides is 6. The van der Waals surface area contributed by atoms with Crippen LogP contribution in [0, 0.1) is 23.7 Å². The second-order valence-electron chi connectivity index (χ2n) is 19.8. The summed E-state index contributed by atoms with van der Waals surface area (Å²) in [6, 6.07) is 29.7. The number of cyclic esters (lactones) is 1. The van der Waals surface area contributed by atoms with Crippen molar-refractivity contribution in [1.82, 2.24) is 25.3 Å². The molecule has 0 saturated carbocycles. The zero-order chi connectivity index (χ0) is 54.0. The molecular weight excluding hydrogens is 987 g/mol. The van der Waals surface area contributed by atoms with Gasteiger partial charge in [0.05, 0.1) is 44.0 Å². The maximum absolute atomic E-state index is 16.9. The zero-order valence-electron chi connectivity index (χ0n) is 42.8. The van der Waals surface area contributed by atoms with Crippen LogP contribution in [0.1, 0.15) is 65.4 Å². The Morgan fingerprint density at radius 2 is 1.53 bits per heavy atom. The number of imide groups is 1. The fourth-order valence-corrected chi connectivity index (χ4v) is 11.6. The number of anilines is 1. The van der Waals surface area contributed by atoms with E-state index in [2.05, 4.69) is 27.4 Å². The summed E-state index contributed by atoms with van der Waals surface area (Å²) in [6.45, 7) is 5.07. The van der Waals surface area contributed by atoms with Crippen LogP contribution in [-0.4, -0.2) is 128 Å². The van der Waals surface area contributed by atoms with E-state index in [-0.39, 0.29) is 50.9 Å². The number of nitrogens with one attached hydrogen (secondary N) is 2. The number of urea groups is 2. The van der Waals surface area contributed by atoms with Crippen LogP contribution in [0.4, 0.5) is 15.3 Å². The maximum Gasteiger partial charge on any atom is 0.329 e. The fourth-order valence-electron chi connectivity index (χ4n) is 11.6. The Labute approximate surface area is 445 Å². The zero-order valence-corrected chi connectivity index (χ0v) is 42.8. The molecule has 0 bridgehead atoms. The molecule has 398 valence electrons. The SMILES string of the molecule is COC(=O)C(NC(=O)N1C(=O)C2(c3cc(C#CCNC(N)=O)ccc31)C(C(=O)N1CCN(Cc3ccc4c(c3)OCO4)CC1)C1C(=O)OC(c3ccccc3)C(c3ccccc3)N1C2c1ccc(OCCO)cc1)C(C)C. The summed E-state index contributed by atoms with van der Waals surface area (Å²) in [7, 11) is 1.20. The van der Waals surface area contributed by atoms with Gasteiger partial charge in [-0.3, -0.25) is 24.2 Å². The molecule has 3 saturated heterocycles. The first kappa shape index (κ1) is 52.0. The number of esters is 2. The van der Waals surface area contributed by atoms with Gasteiger partial charge in [-0.25, -0.2) is 19.3 Å². The highest BCUT2D eigenvalue weighted by molar-refractivity contribution is 6.25. The minimum absolute atomic E-state index is 0.000227. The molecule has 5 aliphatic heterocycles. The lowest BCUT2D eigenvalue weighted by atomic mass is 9.64. The highest BCUT2D eigenvalue weighted by atomic mass is 16.7. The van der Waals surface area contributed by atoms with Gasteiger partial charge in [0, 0.05) is 38.3 Å². The Hall–Kier alpha value is -8.44. The number of hydrogen-bond acceptors (Lipinski definition) is 14. The van der Waals surface area contributed by atoms with Gasteiger partial charge in [0.1, 0.15) is 36.0 Å². The number of nitrogens with two attached hydrogens (primary N) is 1. The number of carbonyl (C=O) groups is 6. The molecular formula is C58H59N7O12. The van der Waals surface area contributed by atoms with Crippen molar-refractivity contribution in [3.8, 4) is 29.1 Å². The molecule has 5 N–H and O–H groups in total. The first-order valence-corrected chi connectivity index (χ1v) is 25.5. The van der Waals surface area contributed by atoms with Crippen molar-refractivity contribution in [2.45, 2.75) is 56.1 Å². The van der Waals surface area contributed by atoms with E-state index in [9.17, 15) is 14.7 Å². The molecule has 5 heterocycles. The average Bonchev–Trinajstić information content (AvgIpc) is 3.05. The molecule has 0 aromatic heterocycles. The molecule has 3 fully saturated rings. The number of fused-ring (bicyclic) bond motifs is 4. The minimum Gasteiger partial charge on any atom is -0.491 e. The van der Waals surface area contributed by atoms with Crippen molar-refractivity contribution < 1.29 is 57.6 Å². The molecule has 5 aromatic carbocycles. The average molecular weight is 1050 g/mol. The highest BCUT2D eigenvalue weighted by Gasteiger charge is 2.76. The second kappa shape index (κ2) is 22.0. The van der Waals surface area contributed by atoms with Crippen molar-refractivity contribution in [3.63, 3.8) is 0 Å². The van der Waals surface area contributed by atoms with Crippen molar-refractivity contribution in [1.29, 1.82) is 0 Å². The molecule has 10 rings (SSSR count). The van der Waals surface area contributed by atoms with Crippen molar-refractivity contribution in [2.75, 3.05) is 64.7 Å². The lowest BCUT2D eigenvalue weighted by molar-refractivity contribution is -0.179. The van der Waals surface area contributed by atoms with E-state index in [4.69, 9.17) is 29.4 Å². The predicted octanol–water partition coefficient (Wildman–Crippen LogP) is 4.72. The number of piperazine rings is 1. The second-order valence-corrected chi connectivity index (χ2v) is 19.8. The topological polar surface area (TPSA) is 232 Å². The van der Waals surface area contributed by atoms with E-state index in [1.807, 2.05) is 83.8 Å². The third kappa shape index (κ3) is 9.75. The van der Waals surface area contributed by atoms with Gasteiger partial charge in [0.15, 0.2) is 11.5 Å². The number of morpholine rings is 1. The molecule has 5 aliphatic rings. The van der Waals surface area contributed by atoms with Gasteiger partial charge >= 0.3 is 24.0 Å². The Bertz CT molecular complexity index is 3120. The number of primary amides is 1. The molecule has 7 unspecified atom stereocenters. The van der Waals surface area contributed by atoms with Crippen molar-refractivity contribution in [3.05, 3.63) is 155 Å². The quantitative estimate of drug-likeness (QED) is 0.0924. The standard InChI is InChI=1S/C58H59N7O12/c1-35(2)47(53(68)73-3)61-57(72)64-43-22-16-36(11-10-24-60-56(59)71)31-42(43)58(55(64)70)46(52(67)63-27-25-62(26-28-63)33-37-17-23-44-45(32-37)76-34-75-44)49-54(69)77-50(39-14-8-5-9-15-39)48(38-12-6-4-7-13-38)65(49)51(58)40-18-20-41(21-19-40)74-30-29-66/h4-9,12-23,31-32,35,46-51,66H,24-30,33-34H2,1-3H3,(H,61,72)(H3,59,60,71). The first-order valence-electron chi connectivity index (χ1n) is 25.5. The van der Waals surface area contributed by atoms with Crippen LogP contribution in [-0.2, 0) is 40.6 Å². The lowest BCUT2D eigenvalue weighted by Gasteiger charge is -2.46. The summed E-state index contributed by atoms with van der Waals surface area (Å²) in [4.78, 5) is 96.0. The van der Waals surface area contributed by atoms with Crippen LogP contribution in [0.15, 0.2) is 121 Å². The normalized spacial score (nSPS) is 22.8. The largest absolute Gasteiger partial charge is 0.491 e. The molecule has 6 amide bonds. The number of benzene rings is 5. The number of nitrogens with zero attached hydrogens (tertiary/aromatic N) is 4. The fraction of sp³-hybridized carbons (Fsp3) is 0.345. The summed E-state index contributed by atoms with van der Waals surface area (Å²) in [5.74, 6) is 2.77. The summed E-state index contributed by atoms with van der Waals surface area (Å²) < 4.78 is 28.8. The third-order valence-corrected chi connectivity index (χ3v) is 15.0. The number of aliphatic hydroxyl groups excluding tert-OH is 1. The molecule has 19 nitrogen and oxygen atoms in total. The predicted molar refractivity (Wildman–Crippen MR) is 279 cm³/mol. The minimum atomic E-state index is -2.13. The Morgan fingerprint density at radius 3 is 2.21 bits per heavy atom. The van der Waals surface area contributed by atoms with E-state index >= 15 is 19.2 Å². The van der Waals surface area contributed by atoms with Crippen LogP contribution < -0.4 is 35.5 Å². The van der Waals surface area contributed by atoms with E-state index < -0.39 is 83.3 Å². The van der Waals surface area contributed by atoms with Crippen molar-refractivity contribution in [2.24, 2.45) is 17.6 Å². The Kier molecular flexibility index (Phi) is 14.9. The van der Waals surface area contributed by atoms with E-state index in [1.54, 1.807) is 61.2 Å². The van der Waals surface area contributed by atoms with Gasteiger partial charge in [0.2, 0.25) is 18.6 Å². The number of aliphatic hydroxyl groups is 1. The van der Waals surface area contributed by atoms with Crippen LogP contribution in [0.5, 0.6) is 17.2 Å². The Morgan fingerprint density at radius 1 is 0.831 bits per heavy atom. The third-order valence-electron chi connectivity index (χ3n) is 15.0. The molecule has 0 radical (unpaired) electrons. The Balaban J connectivity index is 1.19. The van der Waals surface area contributed by atoms with E-state index in [1.165, 1.54) is 7.11 Å². The molecule has 5 aromatic rings. The first-order chi connectivity index (χ1) is 37.3. The summed E-state index contributed by atoms with van der Waals surface area (Å²) >= 11 is 0. The summed E-state index contributed by atoms with van der Waals surface area (Å²) in [5, 5.41) is 14.9. The van der Waals surface area contributed by atoms with Gasteiger partial charge in [0.25, 0.3) is 0 Å². The van der Waals surface area contributed by atoms with E-state index in [0.717, 1.165) is 10.5 Å². The summed E-state index contributed by atoms with van der Waals surface area (Å²) in [6.07, 6.45) is -0.972. The van der Waals surface area contributed by atoms with Crippen molar-refractivity contribution >= 4 is 41.5 Å². The monoisotopic (exact) mass is 1050 g/mol. The number of carbonyl (C=O) groups excluding carboxylic acids is 6. The molecule has 0 aliphatic carbocycles. The van der Waals surface area contributed by atoms with Crippen LogP contribution in [0.3, 0.4) is 0 Å². The molecule has 77 heavy (non-hydrogen) atoms. The summed E-state index contributed by atoms with van der Waals surface area (Å²) in [5.41, 5.74) is 6.72. The van der Waals surface area contributed by atoms with Gasteiger partial charge < -0.3 is 50.1 Å². The van der Waals surface area contributed by atoms with Crippen LogP contribution in [0.2, 0.25) is 0 Å². The van der Waals surface area contributed by atoms with Gasteiger partial charge in [-0.2, -0.15) is 0 Å². The lowest BCUT2D eigenvalue weighted by Crippen LogP contribution is -2.59. The van der Waals surface area contributed by atoms with Gasteiger partial charge in [-0.1, -0.05) is 105 Å². The molecule has 1 spiro atoms. The molecule has 7 atom stereocenters. The van der Waals surface area contributed by atoms with Crippen LogP contribution >= 0.6 is 0 Å². The maximum atomic E-state index is 16.9. The number of ether oxygens (including phenoxy) is 5. The molecule has 19 heteroatoms. The number of methoxy groups -OCH3 is 1. The number of hydrogen-bond donors (Lipinski definition) is 4. The van der Waals surface area contributed by atoms with Gasteiger partial charge in [-0.05, 0) is 76.2 Å². The number of rotatable bonds is 13. The highest BCUT2D eigenvalue weighted by Crippen LogP contribution is 2.66.